The molecule has 0 radical (unpaired) electrons. The third kappa shape index (κ3) is 8.62. The molecule has 1 amide bonds. The number of aryl methyl sites for hydroxylation is 1. The number of esters is 1. The number of para-hydroxylation sites is 1. The highest BCUT2D eigenvalue weighted by Gasteiger charge is 2.29. The molecular weight excluding hydrogens is 576 g/mol. The van der Waals surface area contributed by atoms with Crippen LogP contribution >= 0.6 is 0 Å². The normalized spacial score (nSPS) is 13.3. The Labute approximate surface area is 271 Å². The lowest BCUT2D eigenvalue weighted by molar-refractivity contribution is -0.141. The molecule has 1 aliphatic carbocycles. The predicted molar refractivity (Wildman–Crippen MR) is 180 cm³/mol. The summed E-state index contributed by atoms with van der Waals surface area (Å²) in [5.74, 6) is 0.575. The monoisotopic (exact) mass is 618 g/mol. The van der Waals surface area contributed by atoms with Crippen LogP contribution in [0.3, 0.4) is 0 Å². The summed E-state index contributed by atoms with van der Waals surface area (Å²) in [6.45, 7) is 3.81. The molecule has 0 spiro atoms. The van der Waals surface area contributed by atoms with Gasteiger partial charge in [0.05, 0.1) is 13.7 Å². The van der Waals surface area contributed by atoms with Crippen LogP contribution in [-0.4, -0.2) is 48.9 Å². The summed E-state index contributed by atoms with van der Waals surface area (Å²) in [5, 5.41) is 3.25. The van der Waals surface area contributed by atoms with Crippen LogP contribution in [0.25, 0.3) is 0 Å². The number of hydrogen-bond donors (Lipinski definition) is 1. The average molecular weight is 619 g/mol. The Kier molecular flexibility index (Phi) is 11.2. The predicted octanol–water partition coefficient (Wildman–Crippen LogP) is 7.02. The standard InChI is InChI=1S/C39H42N2O5/c1-28-11-8-12-30(25-28)27-41(38(43)32-15-9-16-32)23-10-24-46-33-21-19-29(20-22-33)26-36(39(44)45-2)40-35-18-7-6-17-34(35)37(42)31-13-4-3-5-14-31/h3-8,11-14,17-22,25,32,36,40H,9-10,15-16,23-24,26-27H2,1-2H3/t36-/m0/s1. The van der Waals surface area contributed by atoms with Crippen molar-refractivity contribution in [2.24, 2.45) is 5.92 Å². The van der Waals surface area contributed by atoms with E-state index in [1.807, 2.05) is 59.5 Å². The van der Waals surface area contributed by atoms with Crippen molar-refractivity contribution in [3.05, 3.63) is 131 Å². The van der Waals surface area contributed by atoms with Gasteiger partial charge in [0.2, 0.25) is 5.91 Å². The van der Waals surface area contributed by atoms with Crippen LogP contribution < -0.4 is 10.1 Å². The van der Waals surface area contributed by atoms with E-state index >= 15 is 0 Å². The molecule has 1 atom stereocenters. The molecule has 7 nitrogen and oxygen atoms in total. The molecule has 0 unspecified atom stereocenters. The zero-order chi connectivity index (χ0) is 32.3. The summed E-state index contributed by atoms with van der Waals surface area (Å²) >= 11 is 0. The van der Waals surface area contributed by atoms with Crippen LogP contribution in [0.5, 0.6) is 5.75 Å². The average Bonchev–Trinajstić information content (AvgIpc) is 3.05. The minimum Gasteiger partial charge on any atom is -0.494 e. The molecular formula is C39H42N2O5. The van der Waals surface area contributed by atoms with Crippen LogP contribution in [0.1, 0.15) is 58.3 Å². The second kappa shape index (κ2) is 15.9. The molecule has 1 aliphatic rings. The molecule has 0 aliphatic heterocycles. The van der Waals surface area contributed by atoms with Crippen molar-refractivity contribution in [1.82, 2.24) is 4.90 Å². The maximum Gasteiger partial charge on any atom is 0.328 e. The van der Waals surface area contributed by atoms with Gasteiger partial charge in [-0.25, -0.2) is 4.79 Å². The Hall–Kier alpha value is -4.91. The highest BCUT2D eigenvalue weighted by Crippen LogP contribution is 2.29. The van der Waals surface area contributed by atoms with Crippen LogP contribution in [0, 0.1) is 12.8 Å². The lowest BCUT2D eigenvalue weighted by Gasteiger charge is -2.32. The summed E-state index contributed by atoms with van der Waals surface area (Å²) in [6, 6.07) is 31.5. The van der Waals surface area contributed by atoms with Crippen LogP contribution in [0.15, 0.2) is 103 Å². The number of nitrogens with one attached hydrogen (secondary N) is 1. The number of methoxy groups -OCH3 is 1. The van der Waals surface area contributed by atoms with Gasteiger partial charge in [-0.05, 0) is 61.6 Å². The van der Waals surface area contributed by atoms with E-state index in [4.69, 9.17) is 9.47 Å². The molecule has 0 bridgehead atoms. The van der Waals surface area contributed by atoms with E-state index in [2.05, 4.69) is 30.4 Å². The first kappa shape index (κ1) is 32.5. The molecule has 1 N–H and O–H groups in total. The number of hydrogen-bond acceptors (Lipinski definition) is 6. The number of carbonyl (C=O) groups is 3. The van der Waals surface area contributed by atoms with Crippen molar-refractivity contribution >= 4 is 23.3 Å². The number of amides is 1. The maximum absolute atomic E-state index is 13.2. The van der Waals surface area contributed by atoms with Gasteiger partial charge in [0.25, 0.3) is 0 Å². The number of anilines is 1. The number of rotatable bonds is 15. The maximum atomic E-state index is 13.2. The fourth-order valence-electron chi connectivity index (χ4n) is 5.69. The number of ketones is 1. The fraction of sp³-hybridized carbons (Fsp3) is 0.308. The molecule has 0 heterocycles. The van der Waals surface area contributed by atoms with E-state index in [-0.39, 0.29) is 17.6 Å². The van der Waals surface area contributed by atoms with Gasteiger partial charge in [0.1, 0.15) is 11.8 Å². The van der Waals surface area contributed by atoms with Crippen molar-refractivity contribution < 1.29 is 23.9 Å². The summed E-state index contributed by atoms with van der Waals surface area (Å²) in [5.41, 5.74) is 4.88. The quantitative estimate of drug-likeness (QED) is 0.0876. The Balaban J connectivity index is 1.17. The second-order valence-electron chi connectivity index (χ2n) is 11.9. The van der Waals surface area contributed by atoms with Crippen LogP contribution in [0.4, 0.5) is 5.69 Å². The number of carbonyl (C=O) groups excluding carboxylic acids is 3. The first-order chi connectivity index (χ1) is 22.4. The van der Waals surface area contributed by atoms with Gasteiger partial charge < -0.3 is 19.7 Å². The molecule has 7 heteroatoms. The molecule has 46 heavy (non-hydrogen) atoms. The molecule has 238 valence electrons. The molecule has 1 saturated carbocycles. The smallest absolute Gasteiger partial charge is 0.328 e. The first-order valence-corrected chi connectivity index (χ1v) is 16.0. The Morgan fingerprint density at radius 1 is 0.870 bits per heavy atom. The SMILES string of the molecule is COC(=O)[C@H](Cc1ccc(OCCCN(Cc2cccc(C)c2)C(=O)C2CCC2)cc1)Nc1ccccc1C(=O)c1ccccc1. The minimum atomic E-state index is -0.700. The molecule has 1 fully saturated rings. The number of nitrogens with zero attached hydrogens (tertiary/aromatic N) is 1. The largest absolute Gasteiger partial charge is 0.494 e. The number of benzene rings is 4. The van der Waals surface area contributed by atoms with Crippen molar-refractivity contribution in [3.63, 3.8) is 0 Å². The summed E-state index contributed by atoms with van der Waals surface area (Å²) in [7, 11) is 1.36. The Bertz CT molecular complexity index is 1620. The van der Waals surface area contributed by atoms with Gasteiger partial charge in [0, 0.05) is 42.2 Å². The van der Waals surface area contributed by atoms with E-state index in [1.54, 1.807) is 30.3 Å². The lowest BCUT2D eigenvalue weighted by Crippen LogP contribution is -2.39. The van der Waals surface area contributed by atoms with Gasteiger partial charge >= 0.3 is 5.97 Å². The van der Waals surface area contributed by atoms with E-state index in [9.17, 15) is 14.4 Å². The third-order valence-corrected chi connectivity index (χ3v) is 8.45. The molecule has 5 rings (SSSR count). The van der Waals surface area contributed by atoms with Gasteiger partial charge in [-0.1, -0.05) is 90.8 Å². The molecule has 0 aromatic heterocycles. The van der Waals surface area contributed by atoms with Crippen molar-refractivity contribution in [1.29, 1.82) is 0 Å². The van der Waals surface area contributed by atoms with Crippen molar-refractivity contribution in [2.75, 3.05) is 25.6 Å². The zero-order valence-corrected chi connectivity index (χ0v) is 26.6. The topological polar surface area (TPSA) is 84.9 Å². The highest BCUT2D eigenvalue weighted by atomic mass is 16.5. The van der Waals surface area contributed by atoms with Crippen LogP contribution in [0.2, 0.25) is 0 Å². The fourth-order valence-corrected chi connectivity index (χ4v) is 5.69. The number of ether oxygens (including phenoxy) is 2. The second-order valence-corrected chi connectivity index (χ2v) is 11.9. The highest BCUT2D eigenvalue weighted by molar-refractivity contribution is 6.12. The first-order valence-electron chi connectivity index (χ1n) is 16.0. The summed E-state index contributed by atoms with van der Waals surface area (Å²) in [6.07, 6.45) is 4.18. The van der Waals surface area contributed by atoms with Gasteiger partial charge in [0.15, 0.2) is 5.78 Å². The summed E-state index contributed by atoms with van der Waals surface area (Å²) < 4.78 is 11.1. The van der Waals surface area contributed by atoms with Crippen LogP contribution in [-0.2, 0) is 27.3 Å². The molecule has 4 aromatic carbocycles. The van der Waals surface area contributed by atoms with Gasteiger partial charge in [-0.15, -0.1) is 0 Å². The molecule has 4 aromatic rings. The Morgan fingerprint density at radius 2 is 1.61 bits per heavy atom. The molecule has 0 saturated heterocycles. The van der Waals surface area contributed by atoms with E-state index < -0.39 is 12.0 Å². The van der Waals surface area contributed by atoms with E-state index in [0.717, 1.165) is 42.6 Å². The van der Waals surface area contributed by atoms with Gasteiger partial charge in [-0.2, -0.15) is 0 Å². The Morgan fingerprint density at radius 3 is 2.30 bits per heavy atom. The zero-order valence-electron chi connectivity index (χ0n) is 26.6. The summed E-state index contributed by atoms with van der Waals surface area (Å²) in [4.78, 5) is 41.1. The minimum absolute atomic E-state index is 0.125. The third-order valence-electron chi connectivity index (χ3n) is 8.45. The van der Waals surface area contributed by atoms with Crippen molar-refractivity contribution in [2.45, 2.75) is 51.6 Å². The van der Waals surface area contributed by atoms with E-state index in [0.29, 0.717) is 42.9 Å². The van der Waals surface area contributed by atoms with Crippen molar-refractivity contribution in [3.8, 4) is 5.75 Å². The van der Waals surface area contributed by atoms with E-state index in [1.165, 1.54) is 12.7 Å². The van der Waals surface area contributed by atoms with Gasteiger partial charge in [-0.3, -0.25) is 9.59 Å². The lowest BCUT2D eigenvalue weighted by atomic mass is 9.84.